The second-order valence-corrected chi connectivity index (χ2v) is 5.71. The molecule has 0 aromatic heterocycles. The Morgan fingerprint density at radius 1 is 1.38 bits per heavy atom. The van der Waals surface area contributed by atoms with Crippen LogP contribution in [0.2, 0.25) is 0 Å². The van der Waals surface area contributed by atoms with Crippen LogP contribution in [0.5, 0.6) is 0 Å². The van der Waals surface area contributed by atoms with Crippen LogP contribution in [0.1, 0.15) is 47.5 Å². The minimum atomic E-state index is 0.371. The lowest BCUT2D eigenvalue weighted by Crippen LogP contribution is -2.44. The Bertz CT molecular complexity index is 168. The zero-order valence-corrected chi connectivity index (χ0v) is 9.81. The number of hydrogen-bond acceptors (Lipinski definition) is 1. The third kappa shape index (κ3) is 2.07. The SMILES string of the molecule is CCC1(C(C)(C)C)COCC(C)C1. The van der Waals surface area contributed by atoms with E-state index in [4.69, 9.17) is 4.74 Å². The van der Waals surface area contributed by atoms with Gasteiger partial charge in [-0.25, -0.2) is 0 Å². The summed E-state index contributed by atoms with van der Waals surface area (Å²) in [6.45, 7) is 13.5. The van der Waals surface area contributed by atoms with Gasteiger partial charge in [0.1, 0.15) is 0 Å². The molecule has 78 valence electrons. The third-order valence-electron chi connectivity index (χ3n) is 3.79. The van der Waals surface area contributed by atoms with E-state index in [9.17, 15) is 0 Å². The molecule has 2 atom stereocenters. The van der Waals surface area contributed by atoms with Crippen molar-refractivity contribution >= 4 is 0 Å². The molecule has 0 spiro atoms. The molecule has 1 heterocycles. The van der Waals surface area contributed by atoms with Crippen LogP contribution in [0.15, 0.2) is 0 Å². The fourth-order valence-electron chi connectivity index (χ4n) is 2.54. The average molecular weight is 184 g/mol. The molecule has 13 heavy (non-hydrogen) atoms. The zero-order valence-electron chi connectivity index (χ0n) is 9.81. The lowest BCUT2D eigenvalue weighted by atomic mass is 9.61. The van der Waals surface area contributed by atoms with Crippen LogP contribution in [0.3, 0.4) is 0 Å². The first-order valence-electron chi connectivity index (χ1n) is 5.49. The molecule has 0 aromatic rings. The minimum Gasteiger partial charge on any atom is -0.381 e. The molecular weight excluding hydrogens is 160 g/mol. The van der Waals surface area contributed by atoms with Crippen molar-refractivity contribution in [3.05, 3.63) is 0 Å². The second kappa shape index (κ2) is 3.61. The standard InChI is InChI=1S/C12H24O/c1-6-12(11(3,4)5)7-10(2)8-13-9-12/h10H,6-9H2,1-5H3. The van der Waals surface area contributed by atoms with Crippen molar-refractivity contribution in [3.63, 3.8) is 0 Å². The number of rotatable bonds is 1. The van der Waals surface area contributed by atoms with Gasteiger partial charge in [0.15, 0.2) is 0 Å². The molecule has 1 rings (SSSR count). The summed E-state index contributed by atoms with van der Waals surface area (Å²) in [4.78, 5) is 0. The Morgan fingerprint density at radius 3 is 2.31 bits per heavy atom. The largest absolute Gasteiger partial charge is 0.381 e. The summed E-state index contributed by atoms with van der Waals surface area (Å²) in [5, 5.41) is 0. The highest BCUT2D eigenvalue weighted by Gasteiger charge is 2.43. The minimum absolute atomic E-state index is 0.371. The van der Waals surface area contributed by atoms with Gasteiger partial charge < -0.3 is 4.74 Å². The normalized spacial score (nSPS) is 36.2. The summed E-state index contributed by atoms with van der Waals surface area (Å²) in [5.41, 5.74) is 0.779. The topological polar surface area (TPSA) is 9.23 Å². The summed E-state index contributed by atoms with van der Waals surface area (Å²) >= 11 is 0. The van der Waals surface area contributed by atoms with Crippen LogP contribution in [0.4, 0.5) is 0 Å². The Kier molecular flexibility index (Phi) is 3.06. The summed E-state index contributed by atoms with van der Waals surface area (Å²) in [5.74, 6) is 0.730. The van der Waals surface area contributed by atoms with Crippen LogP contribution < -0.4 is 0 Å². The highest BCUT2D eigenvalue weighted by atomic mass is 16.5. The monoisotopic (exact) mass is 184 g/mol. The predicted molar refractivity (Wildman–Crippen MR) is 56.8 cm³/mol. The molecule has 0 radical (unpaired) electrons. The summed E-state index contributed by atoms with van der Waals surface area (Å²) < 4.78 is 5.72. The first-order chi connectivity index (χ1) is 5.91. The third-order valence-corrected chi connectivity index (χ3v) is 3.79. The zero-order chi connectivity index (χ0) is 10.1. The van der Waals surface area contributed by atoms with E-state index in [2.05, 4.69) is 34.6 Å². The Hall–Kier alpha value is -0.0400. The maximum atomic E-state index is 5.72. The van der Waals surface area contributed by atoms with Crippen molar-refractivity contribution in [2.24, 2.45) is 16.7 Å². The molecule has 0 N–H and O–H groups in total. The maximum Gasteiger partial charge on any atom is 0.0527 e. The van der Waals surface area contributed by atoms with Gasteiger partial charge in [0.25, 0.3) is 0 Å². The smallest absolute Gasteiger partial charge is 0.0527 e. The molecule has 0 bridgehead atoms. The Morgan fingerprint density at radius 2 is 2.00 bits per heavy atom. The highest BCUT2D eigenvalue weighted by molar-refractivity contribution is 4.92. The van der Waals surface area contributed by atoms with E-state index in [1.807, 2.05) is 0 Å². The molecule has 1 heteroatoms. The van der Waals surface area contributed by atoms with Gasteiger partial charge in [-0.2, -0.15) is 0 Å². The molecule has 1 nitrogen and oxygen atoms in total. The molecule has 1 fully saturated rings. The van der Waals surface area contributed by atoms with Crippen LogP contribution in [-0.2, 0) is 4.74 Å². The Balaban J connectivity index is 2.79. The van der Waals surface area contributed by atoms with Gasteiger partial charge in [-0.3, -0.25) is 0 Å². The van der Waals surface area contributed by atoms with Crippen molar-refractivity contribution in [2.45, 2.75) is 47.5 Å². The molecule has 2 unspecified atom stereocenters. The van der Waals surface area contributed by atoms with Gasteiger partial charge in [-0.1, -0.05) is 34.6 Å². The molecule has 0 amide bonds. The van der Waals surface area contributed by atoms with Crippen molar-refractivity contribution in [1.29, 1.82) is 0 Å². The van der Waals surface area contributed by atoms with E-state index in [0.29, 0.717) is 10.8 Å². The van der Waals surface area contributed by atoms with Crippen molar-refractivity contribution in [3.8, 4) is 0 Å². The average Bonchev–Trinajstić information content (AvgIpc) is 2.02. The molecule has 1 aliphatic heterocycles. The molecule has 0 aliphatic carbocycles. The van der Waals surface area contributed by atoms with E-state index in [1.54, 1.807) is 0 Å². The molecule has 0 aromatic carbocycles. The van der Waals surface area contributed by atoms with Crippen molar-refractivity contribution in [1.82, 2.24) is 0 Å². The fraction of sp³-hybridized carbons (Fsp3) is 1.00. The van der Waals surface area contributed by atoms with Crippen LogP contribution in [0, 0.1) is 16.7 Å². The predicted octanol–water partition coefficient (Wildman–Crippen LogP) is 3.49. The quantitative estimate of drug-likeness (QED) is 0.606. The molecule has 1 saturated heterocycles. The van der Waals surface area contributed by atoms with Gasteiger partial charge in [0, 0.05) is 6.61 Å². The van der Waals surface area contributed by atoms with Crippen molar-refractivity contribution < 1.29 is 4.74 Å². The Labute approximate surface area is 82.9 Å². The number of hydrogen-bond donors (Lipinski definition) is 0. The van der Waals surface area contributed by atoms with Gasteiger partial charge >= 0.3 is 0 Å². The van der Waals surface area contributed by atoms with Gasteiger partial charge in [-0.05, 0) is 29.6 Å². The first kappa shape index (κ1) is 11.0. The first-order valence-corrected chi connectivity index (χ1v) is 5.49. The van der Waals surface area contributed by atoms with Crippen LogP contribution in [-0.4, -0.2) is 13.2 Å². The lowest BCUT2D eigenvalue weighted by Gasteiger charge is -2.48. The molecular formula is C12H24O. The van der Waals surface area contributed by atoms with E-state index < -0.39 is 0 Å². The summed E-state index contributed by atoms with van der Waals surface area (Å²) in [6, 6.07) is 0. The van der Waals surface area contributed by atoms with Gasteiger partial charge in [0.2, 0.25) is 0 Å². The lowest BCUT2D eigenvalue weighted by molar-refractivity contribution is -0.0949. The second-order valence-electron chi connectivity index (χ2n) is 5.71. The van der Waals surface area contributed by atoms with E-state index in [1.165, 1.54) is 12.8 Å². The van der Waals surface area contributed by atoms with Gasteiger partial charge in [-0.15, -0.1) is 0 Å². The highest BCUT2D eigenvalue weighted by Crippen LogP contribution is 2.48. The van der Waals surface area contributed by atoms with Crippen LogP contribution >= 0.6 is 0 Å². The van der Waals surface area contributed by atoms with E-state index in [-0.39, 0.29) is 0 Å². The summed E-state index contributed by atoms with van der Waals surface area (Å²) in [7, 11) is 0. The number of ether oxygens (including phenoxy) is 1. The molecule has 0 saturated carbocycles. The van der Waals surface area contributed by atoms with Crippen molar-refractivity contribution in [2.75, 3.05) is 13.2 Å². The maximum absolute atomic E-state index is 5.72. The molecule has 1 aliphatic rings. The van der Waals surface area contributed by atoms with Gasteiger partial charge in [0.05, 0.1) is 6.61 Å². The fourth-order valence-corrected chi connectivity index (χ4v) is 2.54. The van der Waals surface area contributed by atoms with Crippen LogP contribution in [0.25, 0.3) is 0 Å². The summed E-state index contributed by atoms with van der Waals surface area (Å²) in [6.07, 6.45) is 2.56. The van der Waals surface area contributed by atoms with E-state index >= 15 is 0 Å². The van der Waals surface area contributed by atoms with E-state index in [0.717, 1.165) is 19.1 Å².